The molecule has 0 aliphatic carbocycles. The van der Waals surface area contributed by atoms with Gasteiger partial charge >= 0.3 is 5.97 Å². The van der Waals surface area contributed by atoms with E-state index in [2.05, 4.69) is 20.5 Å². The highest BCUT2D eigenvalue weighted by molar-refractivity contribution is 5.92. The van der Waals surface area contributed by atoms with E-state index in [1.807, 2.05) is 0 Å². The fourth-order valence-corrected chi connectivity index (χ4v) is 0.679. The van der Waals surface area contributed by atoms with Gasteiger partial charge < -0.3 is 10.4 Å². The second kappa shape index (κ2) is 3.65. The topological polar surface area (TPSA) is 108 Å². The third-order valence-electron chi connectivity index (χ3n) is 1.20. The molecule has 0 atom stereocenters. The number of H-pyrrole nitrogens is 1. The number of nitrogens with one attached hydrogen (secondary N) is 2. The van der Waals surface area contributed by atoms with Gasteiger partial charge in [0, 0.05) is 0 Å². The van der Waals surface area contributed by atoms with Crippen LogP contribution in [0.3, 0.4) is 0 Å². The summed E-state index contributed by atoms with van der Waals surface area (Å²) in [5.41, 5.74) is 0. The van der Waals surface area contributed by atoms with Crippen LogP contribution in [0.1, 0.15) is 16.4 Å². The molecule has 1 amide bonds. The van der Waals surface area contributed by atoms with E-state index in [4.69, 9.17) is 5.11 Å². The molecule has 13 heavy (non-hydrogen) atoms. The Hall–Kier alpha value is -1.92. The molecule has 0 saturated heterocycles. The summed E-state index contributed by atoms with van der Waals surface area (Å²) in [5.74, 6) is -1.27. The van der Waals surface area contributed by atoms with Crippen LogP contribution in [-0.4, -0.2) is 38.7 Å². The number of amides is 1. The summed E-state index contributed by atoms with van der Waals surface area (Å²) in [6, 6.07) is 0. The van der Waals surface area contributed by atoms with Gasteiger partial charge in [0.15, 0.2) is 0 Å². The van der Waals surface area contributed by atoms with Crippen molar-refractivity contribution in [3.8, 4) is 0 Å². The summed E-state index contributed by atoms with van der Waals surface area (Å²) < 4.78 is 0. The highest BCUT2D eigenvalue weighted by Crippen LogP contribution is 1.89. The molecule has 0 fully saturated rings. The summed E-state index contributed by atoms with van der Waals surface area (Å²) in [4.78, 5) is 24.8. The highest BCUT2D eigenvalue weighted by atomic mass is 16.4. The fraction of sp³-hybridized carbons (Fsp3) is 0.333. The third-order valence-corrected chi connectivity index (χ3v) is 1.20. The lowest BCUT2D eigenvalue weighted by Crippen LogP contribution is -2.30. The standard InChI is InChI=1S/C6H8N4O3/c1-3-8-5(10-9-3)6(13)7-2-4(11)12/h2H2,1H3,(H,7,13)(H,11,12)(H,8,9,10). The first kappa shape index (κ1) is 9.17. The van der Waals surface area contributed by atoms with Gasteiger partial charge in [-0.05, 0) is 6.92 Å². The van der Waals surface area contributed by atoms with Crippen LogP contribution in [0.15, 0.2) is 0 Å². The molecule has 0 unspecified atom stereocenters. The van der Waals surface area contributed by atoms with Crippen LogP contribution in [0, 0.1) is 6.92 Å². The average Bonchev–Trinajstić information content (AvgIpc) is 2.47. The number of carboxylic acids is 1. The maximum Gasteiger partial charge on any atom is 0.322 e. The molecule has 0 aliphatic rings. The normalized spacial score (nSPS) is 9.62. The molecule has 1 aromatic heterocycles. The van der Waals surface area contributed by atoms with Crippen molar-refractivity contribution in [2.45, 2.75) is 6.92 Å². The van der Waals surface area contributed by atoms with Crippen LogP contribution in [0.5, 0.6) is 0 Å². The minimum absolute atomic E-state index is 0.0567. The molecule has 7 nitrogen and oxygen atoms in total. The number of carboxylic acid groups (broad SMARTS) is 1. The molecule has 1 heterocycles. The molecule has 70 valence electrons. The Labute approximate surface area is 73.2 Å². The molecular weight excluding hydrogens is 176 g/mol. The lowest BCUT2D eigenvalue weighted by molar-refractivity contribution is -0.135. The number of nitrogens with zero attached hydrogens (tertiary/aromatic N) is 2. The van der Waals surface area contributed by atoms with Crippen LogP contribution >= 0.6 is 0 Å². The number of carbonyl (C=O) groups is 2. The number of aromatic amines is 1. The minimum Gasteiger partial charge on any atom is -0.480 e. The van der Waals surface area contributed by atoms with E-state index in [1.165, 1.54) is 0 Å². The molecule has 3 N–H and O–H groups in total. The zero-order valence-electron chi connectivity index (χ0n) is 6.87. The molecule has 0 saturated carbocycles. The van der Waals surface area contributed by atoms with E-state index in [0.29, 0.717) is 5.82 Å². The highest BCUT2D eigenvalue weighted by Gasteiger charge is 2.11. The number of rotatable bonds is 3. The van der Waals surface area contributed by atoms with Gasteiger partial charge in [-0.2, -0.15) is 0 Å². The van der Waals surface area contributed by atoms with E-state index < -0.39 is 18.4 Å². The first-order valence-corrected chi connectivity index (χ1v) is 3.48. The number of aryl methyl sites for hydroxylation is 1. The smallest absolute Gasteiger partial charge is 0.322 e. The maximum atomic E-state index is 11.0. The first-order chi connectivity index (χ1) is 6.09. The SMILES string of the molecule is Cc1nc(C(=O)NCC(=O)O)n[nH]1. The molecular formula is C6H8N4O3. The van der Waals surface area contributed by atoms with Gasteiger partial charge in [-0.3, -0.25) is 14.7 Å². The van der Waals surface area contributed by atoms with Gasteiger partial charge in [-0.25, -0.2) is 4.98 Å². The second-order valence-electron chi connectivity index (χ2n) is 2.32. The van der Waals surface area contributed by atoms with E-state index in [-0.39, 0.29) is 5.82 Å². The summed E-state index contributed by atoms with van der Waals surface area (Å²) in [7, 11) is 0. The Kier molecular flexibility index (Phi) is 2.58. The molecule has 0 radical (unpaired) electrons. The summed E-state index contributed by atoms with van der Waals surface area (Å²) in [5, 5.41) is 16.4. The molecule has 1 aromatic rings. The minimum atomic E-state index is -1.11. The Bertz CT molecular complexity index is 332. The van der Waals surface area contributed by atoms with Crippen molar-refractivity contribution in [1.29, 1.82) is 0 Å². The predicted octanol–water partition coefficient (Wildman–Crippen LogP) is -1.07. The number of aliphatic carboxylic acids is 1. The molecule has 7 heteroatoms. The van der Waals surface area contributed by atoms with Crippen molar-refractivity contribution in [1.82, 2.24) is 20.5 Å². The monoisotopic (exact) mass is 184 g/mol. The fourth-order valence-electron chi connectivity index (χ4n) is 0.679. The van der Waals surface area contributed by atoms with Crippen LogP contribution in [0.25, 0.3) is 0 Å². The number of carbonyl (C=O) groups excluding carboxylic acids is 1. The van der Waals surface area contributed by atoms with E-state index >= 15 is 0 Å². The summed E-state index contributed by atoms with van der Waals surface area (Å²) in [6.07, 6.45) is 0. The van der Waals surface area contributed by atoms with Gasteiger partial charge in [0.1, 0.15) is 12.4 Å². The van der Waals surface area contributed by atoms with Gasteiger partial charge in [0.2, 0.25) is 5.82 Å². The molecule has 0 spiro atoms. The largest absolute Gasteiger partial charge is 0.480 e. The average molecular weight is 184 g/mol. The lowest BCUT2D eigenvalue weighted by Gasteiger charge is -1.95. The summed E-state index contributed by atoms with van der Waals surface area (Å²) >= 11 is 0. The Balaban J connectivity index is 2.54. The molecule has 0 bridgehead atoms. The quantitative estimate of drug-likeness (QED) is 0.554. The number of hydrogen-bond donors (Lipinski definition) is 3. The zero-order valence-corrected chi connectivity index (χ0v) is 6.87. The van der Waals surface area contributed by atoms with Gasteiger partial charge in [-0.15, -0.1) is 5.10 Å². The maximum absolute atomic E-state index is 11.0. The van der Waals surface area contributed by atoms with Crippen LogP contribution in [0.2, 0.25) is 0 Å². The van der Waals surface area contributed by atoms with Gasteiger partial charge in [0.25, 0.3) is 5.91 Å². The number of hydrogen-bond acceptors (Lipinski definition) is 4. The predicted molar refractivity (Wildman–Crippen MR) is 41.1 cm³/mol. The van der Waals surface area contributed by atoms with Gasteiger partial charge in [0.05, 0.1) is 0 Å². The van der Waals surface area contributed by atoms with E-state index in [1.54, 1.807) is 6.92 Å². The van der Waals surface area contributed by atoms with Crippen molar-refractivity contribution >= 4 is 11.9 Å². The van der Waals surface area contributed by atoms with E-state index in [0.717, 1.165) is 0 Å². The van der Waals surface area contributed by atoms with E-state index in [9.17, 15) is 9.59 Å². The molecule has 0 aliphatic heterocycles. The van der Waals surface area contributed by atoms with Crippen molar-refractivity contribution < 1.29 is 14.7 Å². The van der Waals surface area contributed by atoms with Crippen LogP contribution < -0.4 is 5.32 Å². The first-order valence-electron chi connectivity index (χ1n) is 3.48. The van der Waals surface area contributed by atoms with Crippen LogP contribution in [-0.2, 0) is 4.79 Å². The number of aromatic nitrogens is 3. The van der Waals surface area contributed by atoms with Crippen molar-refractivity contribution in [2.24, 2.45) is 0 Å². The van der Waals surface area contributed by atoms with Crippen molar-refractivity contribution in [2.75, 3.05) is 6.54 Å². The molecule has 1 rings (SSSR count). The Morgan fingerprint density at radius 2 is 2.31 bits per heavy atom. The Morgan fingerprint density at radius 1 is 1.62 bits per heavy atom. The Morgan fingerprint density at radius 3 is 2.77 bits per heavy atom. The van der Waals surface area contributed by atoms with Crippen molar-refractivity contribution in [3.05, 3.63) is 11.6 Å². The van der Waals surface area contributed by atoms with Crippen molar-refractivity contribution in [3.63, 3.8) is 0 Å². The van der Waals surface area contributed by atoms with Crippen LogP contribution in [0.4, 0.5) is 0 Å². The third kappa shape index (κ3) is 2.55. The summed E-state index contributed by atoms with van der Waals surface area (Å²) in [6.45, 7) is 1.20. The van der Waals surface area contributed by atoms with Gasteiger partial charge in [-0.1, -0.05) is 0 Å². The molecule has 0 aromatic carbocycles. The second-order valence-corrected chi connectivity index (χ2v) is 2.32. The zero-order chi connectivity index (χ0) is 9.84. The lowest BCUT2D eigenvalue weighted by atomic mass is 10.5.